The number of nitrogens with one attached hydrogen (secondary N) is 1. The Morgan fingerprint density at radius 1 is 1.05 bits per heavy atom. The number of methoxy groups -OCH3 is 1. The normalized spacial score (nSPS) is 10.4. The van der Waals surface area contributed by atoms with Crippen molar-refractivity contribution in [1.82, 2.24) is 5.32 Å². The predicted molar refractivity (Wildman–Crippen MR) is 86.5 cm³/mol. The molecule has 0 fully saturated rings. The second-order valence-corrected chi connectivity index (χ2v) is 5.10. The minimum Gasteiger partial charge on any atom is -0.493 e. The number of para-hydroxylation sites is 2. The zero-order valence-corrected chi connectivity index (χ0v) is 13.1. The van der Waals surface area contributed by atoms with Gasteiger partial charge in [0.1, 0.15) is 5.75 Å². The number of benzene rings is 2. The van der Waals surface area contributed by atoms with Gasteiger partial charge in [-0.25, -0.2) is 0 Å². The maximum atomic E-state index is 6.29. The van der Waals surface area contributed by atoms with E-state index in [1.54, 1.807) is 7.11 Å². The van der Waals surface area contributed by atoms with Crippen molar-refractivity contribution in [2.75, 3.05) is 13.7 Å². The third-order valence-electron chi connectivity index (χ3n) is 3.04. The van der Waals surface area contributed by atoms with E-state index in [2.05, 4.69) is 12.2 Å². The van der Waals surface area contributed by atoms with Crippen molar-refractivity contribution in [3.63, 3.8) is 0 Å². The summed E-state index contributed by atoms with van der Waals surface area (Å²) in [5, 5.41) is 3.94. The Bertz CT molecular complexity index is 587. The van der Waals surface area contributed by atoms with Crippen LogP contribution in [0.25, 0.3) is 0 Å². The monoisotopic (exact) mass is 305 g/mol. The number of halogens is 1. The lowest BCUT2D eigenvalue weighted by Crippen LogP contribution is -2.13. The van der Waals surface area contributed by atoms with Gasteiger partial charge >= 0.3 is 0 Å². The van der Waals surface area contributed by atoms with Gasteiger partial charge in [-0.15, -0.1) is 0 Å². The average Bonchev–Trinajstić information content (AvgIpc) is 2.50. The van der Waals surface area contributed by atoms with Crippen LogP contribution in [0.3, 0.4) is 0 Å². The molecule has 0 bridgehead atoms. The van der Waals surface area contributed by atoms with Gasteiger partial charge in [-0.2, -0.15) is 0 Å². The number of ether oxygens (including phenoxy) is 2. The fraction of sp³-hybridized carbons (Fsp3) is 0.294. The quantitative estimate of drug-likeness (QED) is 0.756. The molecule has 0 saturated carbocycles. The van der Waals surface area contributed by atoms with Gasteiger partial charge in [0, 0.05) is 6.54 Å². The molecule has 0 amide bonds. The fourth-order valence-corrected chi connectivity index (χ4v) is 2.21. The van der Waals surface area contributed by atoms with E-state index >= 15 is 0 Å². The second-order valence-electron chi connectivity index (χ2n) is 4.69. The van der Waals surface area contributed by atoms with Gasteiger partial charge in [-0.05, 0) is 42.8 Å². The molecule has 2 rings (SSSR count). The van der Waals surface area contributed by atoms with Crippen LogP contribution in [0.15, 0.2) is 42.5 Å². The van der Waals surface area contributed by atoms with Crippen LogP contribution in [-0.2, 0) is 6.54 Å². The summed E-state index contributed by atoms with van der Waals surface area (Å²) in [5.41, 5.74) is 1.14. The Morgan fingerprint density at radius 3 is 2.48 bits per heavy atom. The molecule has 1 N–H and O–H groups in total. The van der Waals surface area contributed by atoms with E-state index in [1.165, 1.54) is 0 Å². The van der Waals surface area contributed by atoms with Gasteiger partial charge in [0.25, 0.3) is 0 Å². The Hall–Kier alpha value is -1.71. The molecule has 0 aliphatic carbocycles. The van der Waals surface area contributed by atoms with Crippen molar-refractivity contribution in [1.29, 1.82) is 0 Å². The number of hydrogen-bond donors (Lipinski definition) is 1. The van der Waals surface area contributed by atoms with Gasteiger partial charge in [0.15, 0.2) is 11.5 Å². The highest BCUT2D eigenvalue weighted by atomic mass is 35.5. The molecule has 0 heterocycles. The third-order valence-corrected chi connectivity index (χ3v) is 3.34. The summed E-state index contributed by atoms with van der Waals surface area (Å²) >= 11 is 6.29. The van der Waals surface area contributed by atoms with Crippen molar-refractivity contribution < 1.29 is 9.47 Å². The van der Waals surface area contributed by atoms with Gasteiger partial charge in [0.2, 0.25) is 0 Å². The largest absolute Gasteiger partial charge is 0.493 e. The molecule has 4 heteroatoms. The van der Waals surface area contributed by atoms with Crippen LogP contribution in [0.1, 0.15) is 18.9 Å². The fourth-order valence-electron chi connectivity index (χ4n) is 1.97. The summed E-state index contributed by atoms with van der Waals surface area (Å²) < 4.78 is 11.1. The van der Waals surface area contributed by atoms with Gasteiger partial charge in [0.05, 0.1) is 12.1 Å². The van der Waals surface area contributed by atoms with Crippen LogP contribution in [-0.4, -0.2) is 13.7 Å². The van der Waals surface area contributed by atoms with Crippen LogP contribution in [0.5, 0.6) is 17.2 Å². The predicted octanol–water partition coefficient (Wildman–Crippen LogP) is 4.64. The zero-order valence-electron chi connectivity index (χ0n) is 12.4. The van der Waals surface area contributed by atoms with E-state index in [1.807, 2.05) is 42.5 Å². The summed E-state index contributed by atoms with van der Waals surface area (Å²) in [4.78, 5) is 0. The van der Waals surface area contributed by atoms with Crippen molar-refractivity contribution >= 4 is 11.6 Å². The summed E-state index contributed by atoms with van der Waals surface area (Å²) in [6, 6.07) is 13.3. The van der Waals surface area contributed by atoms with Crippen LogP contribution in [0.2, 0.25) is 5.02 Å². The van der Waals surface area contributed by atoms with Crippen LogP contribution < -0.4 is 14.8 Å². The first-order valence-electron chi connectivity index (χ1n) is 7.04. The molecular weight excluding hydrogens is 286 g/mol. The lowest BCUT2D eigenvalue weighted by atomic mass is 10.2. The van der Waals surface area contributed by atoms with Gasteiger partial charge in [-0.3, -0.25) is 0 Å². The van der Waals surface area contributed by atoms with Crippen molar-refractivity contribution in [3.05, 3.63) is 53.1 Å². The topological polar surface area (TPSA) is 30.5 Å². The average molecular weight is 306 g/mol. The minimum atomic E-state index is 0.594. The SMILES string of the molecule is CCCNCc1ccc(Oc2ccccc2OC)c(Cl)c1. The van der Waals surface area contributed by atoms with E-state index in [9.17, 15) is 0 Å². The molecule has 0 aliphatic rings. The Kier molecular flexibility index (Phi) is 5.90. The van der Waals surface area contributed by atoms with Crippen molar-refractivity contribution in [2.45, 2.75) is 19.9 Å². The molecule has 0 aromatic heterocycles. The van der Waals surface area contributed by atoms with Crippen LogP contribution in [0.4, 0.5) is 0 Å². The Morgan fingerprint density at radius 2 is 1.81 bits per heavy atom. The number of rotatable bonds is 7. The molecule has 2 aromatic rings. The molecule has 2 aromatic carbocycles. The molecule has 0 saturated heterocycles. The minimum absolute atomic E-state index is 0.594. The molecule has 0 aliphatic heterocycles. The van der Waals surface area contributed by atoms with Gasteiger partial charge < -0.3 is 14.8 Å². The molecule has 3 nitrogen and oxygen atoms in total. The van der Waals surface area contributed by atoms with E-state index in [0.717, 1.165) is 25.1 Å². The van der Waals surface area contributed by atoms with E-state index in [-0.39, 0.29) is 0 Å². The first-order valence-corrected chi connectivity index (χ1v) is 7.42. The zero-order chi connectivity index (χ0) is 15.1. The molecule has 0 spiro atoms. The lowest BCUT2D eigenvalue weighted by Gasteiger charge is -2.12. The summed E-state index contributed by atoms with van der Waals surface area (Å²) in [6.45, 7) is 3.95. The molecule has 0 unspecified atom stereocenters. The summed E-state index contributed by atoms with van der Waals surface area (Å²) in [7, 11) is 1.62. The molecule has 0 atom stereocenters. The van der Waals surface area contributed by atoms with Crippen molar-refractivity contribution in [3.8, 4) is 17.2 Å². The maximum absolute atomic E-state index is 6.29. The Labute approximate surface area is 130 Å². The van der Waals surface area contributed by atoms with Crippen LogP contribution in [0, 0.1) is 0 Å². The smallest absolute Gasteiger partial charge is 0.169 e. The third kappa shape index (κ3) is 4.38. The summed E-state index contributed by atoms with van der Waals surface area (Å²) in [6.07, 6.45) is 1.11. The molecule has 0 radical (unpaired) electrons. The van der Waals surface area contributed by atoms with E-state index in [0.29, 0.717) is 22.3 Å². The maximum Gasteiger partial charge on any atom is 0.169 e. The molecule has 112 valence electrons. The standard InChI is InChI=1S/C17H20ClNO2/c1-3-10-19-12-13-8-9-15(14(18)11-13)21-17-7-5-4-6-16(17)20-2/h4-9,11,19H,3,10,12H2,1-2H3. The lowest BCUT2D eigenvalue weighted by molar-refractivity contribution is 0.379. The highest BCUT2D eigenvalue weighted by Gasteiger charge is 2.08. The molecular formula is C17H20ClNO2. The van der Waals surface area contributed by atoms with E-state index in [4.69, 9.17) is 21.1 Å². The first kappa shape index (κ1) is 15.7. The first-order chi connectivity index (χ1) is 10.2. The van der Waals surface area contributed by atoms with Crippen LogP contribution >= 0.6 is 11.6 Å². The van der Waals surface area contributed by atoms with Gasteiger partial charge in [-0.1, -0.05) is 36.7 Å². The summed E-state index contributed by atoms with van der Waals surface area (Å²) in [5.74, 6) is 1.96. The second kappa shape index (κ2) is 7.91. The highest BCUT2D eigenvalue weighted by Crippen LogP contribution is 2.35. The van der Waals surface area contributed by atoms with Crippen molar-refractivity contribution in [2.24, 2.45) is 0 Å². The molecule has 21 heavy (non-hydrogen) atoms. The Balaban J connectivity index is 2.10. The van der Waals surface area contributed by atoms with E-state index < -0.39 is 0 Å². The highest BCUT2D eigenvalue weighted by molar-refractivity contribution is 6.32. The number of hydrogen-bond acceptors (Lipinski definition) is 3.